The molecule has 116 valence electrons. The lowest BCUT2D eigenvalue weighted by molar-refractivity contribution is 0.355. The van der Waals surface area contributed by atoms with E-state index < -0.39 is 10.9 Å². The number of hydrogen-bond acceptors (Lipinski definition) is 5. The summed E-state index contributed by atoms with van der Waals surface area (Å²) in [5, 5.41) is 3.01. The SMILES string of the molecule is COc1ccc(Nc2c(-c3ccccc3)c(=O)c2=O)cc1OC. The Hall–Kier alpha value is -3.08. The van der Waals surface area contributed by atoms with Crippen molar-refractivity contribution in [3.05, 3.63) is 69.0 Å². The van der Waals surface area contributed by atoms with Crippen molar-refractivity contribution in [3.63, 3.8) is 0 Å². The van der Waals surface area contributed by atoms with E-state index in [1.165, 1.54) is 7.11 Å². The molecule has 23 heavy (non-hydrogen) atoms. The lowest BCUT2D eigenvalue weighted by Crippen LogP contribution is -2.35. The molecule has 5 heteroatoms. The quantitative estimate of drug-likeness (QED) is 0.734. The standard InChI is InChI=1S/C18H15NO4/c1-22-13-9-8-12(10-14(13)23-2)19-16-15(17(20)18(16)21)11-6-4-3-5-7-11/h3-10,19H,1-2H3. The topological polar surface area (TPSA) is 64.6 Å². The first kappa shape index (κ1) is 14.8. The third kappa shape index (κ3) is 2.57. The lowest BCUT2D eigenvalue weighted by atomic mass is 9.98. The molecule has 0 saturated carbocycles. The van der Waals surface area contributed by atoms with Crippen LogP contribution in [-0.4, -0.2) is 14.2 Å². The molecule has 0 aromatic heterocycles. The Kier molecular flexibility index (Phi) is 3.85. The van der Waals surface area contributed by atoms with Gasteiger partial charge in [0.05, 0.1) is 19.8 Å². The van der Waals surface area contributed by atoms with Gasteiger partial charge in [-0.15, -0.1) is 0 Å². The molecule has 0 aliphatic heterocycles. The summed E-state index contributed by atoms with van der Waals surface area (Å²) < 4.78 is 10.4. The maximum Gasteiger partial charge on any atom is 0.250 e. The molecule has 0 radical (unpaired) electrons. The van der Waals surface area contributed by atoms with Crippen molar-refractivity contribution in [1.82, 2.24) is 0 Å². The van der Waals surface area contributed by atoms with Crippen LogP contribution in [0.5, 0.6) is 11.5 Å². The maximum atomic E-state index is 11.9. The molecular weight excluding hydrogens is 294 g/mol. The summed E-state index contributed by atoms with van der Waals surface area (Å²) in [6, 6.07) is 14.3. The first-order valence-electron chi connectivity index (χ1n) is 7.03. The van der Waals surface area contributed by atoms with Crippen LogP contribution in [-0.2, 0) is 0 Å². The highest BCUT2D eigenvalue weighted by Crippen LogP contribution is 2.32. The molecule has 0 spiro atoms. The molecular formula is C18H15NO4. The average Bonchev–Trinajstić information content (AvgIpc) is 2.61. The average molecular weight is 309 g/mol. The summed E-state index contributed by atoms with van der Waals surface area (Å²) >= 11 is 0. The Bertz CT molecular complexity index is 909. The molecule has 0 bridgehead atoms. The number of anilines is 2. The highest BCUT2D eigenvalue weighted by molar-refractivity contribution is 5.84. The summed E-state index contributed by atoms with van der Waals surface area (Å²) in [6.45, 7) is 0. The second kappa shape index (κ2) is 5.96. The van der Waals surface area contributed by atoms with E-state index in [0.29, 0.717) is 28.4 Å². The fourth-order valence-corrected chi connectivity index (χ4v) is 2.45. The number of rotatable bonds is 5. The molecule has 0 unspecified atom stereocenters. The monoisotopic (exact) mass is 309 g/mol. The van der Waals surface area contributed by atoms with Crippen LogP contribution in [0.25, 0.3) is 11.1 Å². The van der Waals surface area contributed by atoms with Gasteiger partial charge in [0.15, 0.2) is 11.5 Å². The molecule has 0 heterocycles. The largest absolute Gasteiger partial charge is 0.493 e. The molecule has 0 atom stereocenters. The van der Waals surface area contributed by atoms with E-state index in [2.05, 4.69) is 5.32 Å². The molecule has 0 aliphatic carbocycles. The smallest absolute Gasteiger partial charge is 0.250 e. The number of benzene rings is 2. The van der Waals surface area contributed by atoms with Crippen LogP contribution in [0.3, 0.4) is 0 Å². The summed E-state index contributed by atoms with van der Waals surface area (Å²) in [6.07, 6.45) is 0. The fourth-order valence-electron chi connectivity index (χ4n) is 2.45. The lowest BCUT2D eigenvalue weighted by Gasteiger charge is -2.15. The maximum absolute atomic E-state index is 11.9. The predicted octanol–water partition coefficient (Wildman–Crippen LogP) is 2.71. The van der Waals surface area contributed by atoms with E-state index in [0.717, 1.165) is 5.56 Å². The second-order valence-corrected chi connectivity index (χ2v) is 4.97. The van der Waals surface area contributed by atoms with E-state index in [-0.39, 0.29) is 0 Å². The van der Waals surface area contributed by atoms with Gasteiger partial charge in [-0.2, -0.15) is 0 Å². The van der Waals surface area contributed by atoms with Gasteiger partial charge in [0.1, 0.15) is 5.69 Å². The Morgan fingerprint density at radius 1 is 0.826 bits per heavy atom. The van der Waals surface area contributed by atoms with Crippen LogP contribution in [0.2, 0.25) is 0 Å². The summed E-state index contributed by atoms with van der Waals surface area (Å²) in [7, 11) is 3.09. The van der Waals surface area contributed by atoms with Crippen molar-refractivity contribution in [2.75, 3.05) is 19.5 Å². The van der Waals surface area contributed by atoms with Gasteiger partial charge in [-0.1, -0.05) is 30.3 Å². The van der Waals surface area contributed by atoms with Gasteiger partial charge in [0.2, 0.25) is 5.43 Å². The second-order valence-electron chi connectivity index (χ2n) is 4.97. The van der Waals surface area contributed by atoms with Crippen molar-refractivity contribution in [2.45, 2.75) is 0 Å². The van der Waals surface area contributed by atoms with E-state index >= 15 is 0 Å². The number of hydrogen-bond donors (Lipinski definition) is 1. The van der Waals surface area contributed by atoms with Crippen molar-refractivity contribution in [1.29, 1.82) is 0 Å². The van der Waals surface area contributed by atoms with Crippen LogP contribution in [0, 0.1) is 0 Å². The van der Waals surface area contributed by atoms with Gasteiger partial charge < -0.3 is 14.8 Å². The third-order valence-corrected chi connectivity index (χ3v) is 3.63. The summed E-state index contributed by atoms with van der Waals surface area (Å²) in [4.78, 5) is 23.8. The highest BCUT2D eigenvalue weighted by atomic mass is 16.5. The Morgan fingerprint density at radius 3 is 2.17 bits per heavy atom. The van der Waals surface area contributed by atoms with Gasteiger partial charge >= 0.3 is 0 Å². The third-order valence-electron chi connectivity index (χ3n) is 3.63. The Morgan fingerprint density at radius 2 is 1.52 bits per heavy atom. The minimum atomic E-state index is -0.515. The molecule has 5 nitrogen and oxygen atoms in total. The van der Waals surface area contributed by atoms with Gasteiger partial charge in [-0.25, -0.2) is 0 Å². The number of ether oxygens (including phenoxy) is 2. The Labute approximate surface area is 132 Å². The van der Waals surface area contributed by atoms with E-state index in [4.69, 9.17) is 9.47 Å². The molecule has 0 aliphatic rings. The zero-order chi connectivity index (χ0) is 16.4. The first-order valence-corrected chi connectivity index (χ1v) is 7.03. The van der Waals surface area contributed by atoms with Gasteiger partial charge in [-0.05, 0) is 17.7 Å². The molecule has 0 fully saturated rings. The molecule has 0 amide bonds. The van der Waals surface area contributed by atoms with Crippen LogP contribution in [0.15, 0.2) is 58.1 Å². The van der Waals surface area contributed by atoms with E-state index in [1.54, 1.807) is 37.4 Å². The summed E-state index contributed by atoms with van der Waals surface area (Å²) in [5.74, 6) is 1.13. The zero-order valence-electron chi connectivity index (χ0n) is 12.8. The van der Waals surface area contributed by atoms with Crippen molar-refractivity contribution in [3.8, 4) is 22.6 Å². The first-order chi connectivity index (χ1) is 11.2. The van der Waals surface area contributed by atoms with Crippen molar-refractivity contribution >= 4 is 11.4 Å². The van der Waals surface area contributed by atoms with Crippen LogP contribution in [0.1, 0.15) is 0 Å². The van der Waals surface area contributed by atoms with E-state index in [9.17, 15) is 9.59 Å². The van der Waals surface area contributed by atoms with Crippen LogP contribution >= 0.6 is 0 Å². The minimum absolute atomic E-state index is 0.299. The van der Waals surface area contributed by atoms with Crippen LogP contribution in [0.4, 0.5) is 11.4 Å². The number of nitrogens with one attached hydrogen (secondary N) is 1. The Balaban J connectivity index is 1.98. The molecule has 0 saturated heterocycles. The highest BCUT2D eigenvalue weighted by Gasteiger charge is 2.22. The fraction of sp³-hybridized carbons (Fsp3) is 0.111. The van der Waals surface area contributed by atoms with E-state index in [1.807, 2.05) is 18.2 Å². The minimum Gasteiger partial charge on any atom is -0.493 e. The zero-order valence-corrected chi connectivity index (χ0v) is 12.8. The van der Waals surface area contributed by atoms with Crippen molar-refractivity contribution < 1.29 is 9.47 Å². The normalized spacial score (nSPS) is 10.5. The van der Waals surface area contributed by atoms with Gasteiger partial charge in [0, 0.05) is 11.8 Å². The molecule has 3 rings (SSSR count). The molecule has 1 N–H and O–H groups in total. The molecule has 3 aromatic rings. The number of methoxy groups -OCH3 is 2. The predicted molar refractivity (Wildman–Crippen MR) is 89.6 cm³/mol. The summed E-state index contributed by atoms with van der Waals surface area (Å²) in [5.41, 5.74) is 1.09. The van der Waals surface area contributed by atoms with Crippen molar-refractivity contribution in [2.24, 2.45) is 0 Å². The van der Waals surface area contributed by atoms with Crippen LogP contribution < -0.4 is 25.6 Å². The van der Waals surface area contributed by atoms with Gasteiger partial charge in [0.25, 0.3) is 5.43 Å². The van der Waals surface area contributed by atoms with Gasteiger partial charge in [-0.3, -0.25) is 9.59 Å². The molecule has 3 aromatic carbocycles.